The highest BCUT2D eigenvalue weighted by atomic mass is 32.2. The molecule has 0 amide bonds. The molecule has 46 heavy (non-hydrogen) atoms. The highest BCUT2D eigenvalue weighted by molar-refractivity contribution is 7.99. The first-order chi connectivity index (χ1) is 22.8. The number of unbranched alkanes of at least 4 members (excludes halogenated alkanes) is 18. The van der Waals surface area contributed by atoms with E-state index in [1.807, 2.05) is 18.2 Å². The lowest BCUT2D eigenvalue weighted by atomic mass is 10.1. The number of thioether (sulfide) groups is 2. The van der Waals surface area contributed by atoms with Crippen LogP contribution in [0, 0.1) is 0 Å². The van der Waals surface area contributed by atoms with Crippen molar-refractivity contribution in [3.05, 3.63) is 54.6 Å². The summed E-state index contributed by atoms with van der Waals surface area (Å²) in [4.78, 5) is 14.5. The van der Waals surface area contributed by atoms with Crippen LogP contribution in [0.2, 0.25) is 0 Å². The maximum absolute atomic E-state index is 4.86. The van der Waals surface area contributed by atoms with Gasteiger partial charge in [-0.05, 0) is 49.2 Å². The van der Waals surface area contributed by atoms with Crippen molar-refractivity contribution in [1.82, 2.24) is 15.0 Å². The molecule has 0 bridgehead atoms. The van der Waals surface area contributed by atoms with Crippen LogP contribution in [0.25, 0.3) is 0 Å². The van der Waals surface area contributed by atoms with E-state index in [-0.39, 0.29) is 0 Å². The zero-order chi connectivity index (χ0) is 32.3. The molecule has 0 spiro atoms. The van der Waals surface area contributed by atoms with E-state index in [4.69, 9.17) is 15.0 Å². The van der Waals surface area contributed by atoms with E-state index < -0.39 is 0 Å². The molecule has 254 valence electrons. The molecule has 0 aliphatic carbocycles. The molecule has 0 saturated carbocycles. The molecule has 3 rings (SSSR count). The normalized spacial score (nSPS) is 11.2. The summed E-state index contributed by atoms with van der Waals surface area (Å²) in [5.74, 6) is 2.75. The Hall–Kier alpha value is -2.25. The first-order valence-electron chi connectivity index (χ1n) is 18.5. The zero-order valence-electron chi connectivity index (χ0n) is 28.9. The van der Waals surface area contributed by atoms with Gasteiger partial charge in [-0.3, -0.25) is 0 Å². The second-order valence-corrected chi connectivity index (χ2v) is 14.6. The molecule has 2 aromatic carbocycles. The topological polar surface area (TPSA) is 62.7 Å². The molecule has 7 heteroatoms. The highest BCUT2D eigenvalue weighted by Gasteiger charge is 2.09. The fourth-order valence-electron chi connectivity index (χ4n) is 5.48. The molecule has 1 heterocycles. The predicted molar refractivity (Wildman–Crippen MR) is 204 cm³/mol. The molecule has 2 N–H and O–H groups in total. The number of hydrogen-bond donors (Lipinski definition) is 2. The maximum atomic E-state index is 4.86. The average Bonchev–Trinajstić information content (AvgIpc) is 3.07. The van der Waals surface area contributed by atoms with Crippen LogP contribution in [0.3, 0.4) is 0 Å². The van der Waals surface area contributed by atoms with Crippen LogP contribution in [-0.2, 0) is 0 Å². The summed E-state index contributed by atoms with van der Waals surface area (Å²) in [5, 5.41) is 8.56. The minimum Gasteiger partial charge on any atom is -0.356 e. The van der Waals surface area contributed by atoms with Gasteiger partial charge >= 0.3 is 0 Å². The summed E-state index contributed by atoms with van der Waals surface area (Å²) in [6.45, 7) is 4.57. The Morgan fingerprint density at radius 2 is 0.783 bits per heavy atom. The van der Waals surface area contributed by atoms with Gasteiger partial charge in [-0.15, -0.1) is 0 Å². The Bertz CT molecular complexity index is 1100. The van der Waals surface area contributed by atoms with Crippen LogP contribution < -0.4 is 10.6 Å². The molecule has 0 radical (unpaired) electrons. The van der Waals surface area contributed by atoms with Crippen LogP contribution in [0.4, 0.5) is 23.0 Å². The third-order valence-electron chi connectivity index (χ3n) is 8.26. The highest BCUT2D eigenvalue weighted by Crippen LogP contribution is 2.25. The fourth-order valence-corrected chi connectivity index (χ4v) is 7.21. The number of hydrogen-bond acceptors (Lipinski definition) is 7. The molecule has 5 nitrogen and oxygen atoms in total. The third-order valence-corrected chi connectivity index (χ3v) is 10.1. The van der Waals surface area contributed by atoms with Crippen molar-refractivity contribution in [2.75, 3.05) is 22.1 Å². The van der Waals surface area contributed by atoms with Crippen molar-refractivity contribution in [1.29, 1.82) is 0 Å². The van der Waals surface area contributed by atoms with Crippen molar-refractivity contribution in [2.24, 2.45) is 0 Å². The van der Waals surface area contributed by atoms with E-state index >= 15 is 0 Å². The molecule has 0 fully saturated rings. The van der Waals surface area contributed by atoms with E-state index in [2.05, 4.69) is 60.9 Å². The largest absolute Gasteiger partial charge is 0.356 e. The van der Waals surface area contributed by atoms with Crippen LogP contribution >= 0.6 is 23.5 Å². The summed E-state index contributed by atoms with van der Waals surface area (Å²) in [7, 11) is 0. The van der Waals surface area contributed by atoms with Gasteiger partial charge in [-0.2, -0.15) is 15.0 Å². The molecule has 0 unspecified atom stereocenters. The van der Waals surface area contributed by atoms with Crippen molar-refractivity contribution in [2.45, 2.75) is 153 Å². The first kappa shape index (κ1) is 38.2. The summed E-state index contributed by atoms with van der Waals surface area (Å²) in [6, 6.07) is 18.6. The number of nitrogens with one attached hydrogen (secondary N) is 2. The van der Waals surface area contributed by atoms with E-state index in [0.29, 0.717) is 5.95 Å². The Morgan fingerprint density at radius 1 is 0.413 bits per heavy atom. The molecular weight excluding hydrogens is 603 g/mol. The smallest absolute Gasteiger partial charge is 0.232 e. The predicted octanol–water partition coefficient (Wildman–Crippen LogP) is 13.4. The van der Waals surface area contributed by atoms with Crippen LogP contribution in [0.5, 0.6) is 0 Å². The molecule has 0 aliphatic heterocycles. The van der Waals surface area contributed by atoms with Crippen LogP contribution in [-0.4, -0.2) is 26.5 Å². The number of benzene rings is 2. The van der Waals surface area contributed by atoms with Crippen LogP contribution in [0.15, 0.2) is 64.9 Å². The molecule has 3 aromatic rings. The number of nitrogens with zero attached hydrogens (tertiary/aromatic N) is 3. The summed E-state index contributed by atoms with van der Waals surface area (Å²) in [5.41, 5.74) is 3.10. The monoisotopic (exact) mass is 663 g/mol. The number of rotatable bonds is 28. The average molecular weight is 664 g/mol. The fraction of sp³-hybridized carbons (Fsp3) is 0.615. The second kappa shape index (κ2) is 25.8. The lowest BCUT2D eigenvalue weighted by molar-refractivity contribution is 0.563. The number of anilines is 4. The van der Waals surface area contributed by atoms with Gasteiger partial charge in [0, 0.05) is 28.6 Å². The minimum atomic E-state index is 0.634. The van der Waals surface area contributed by atoms with Gasteiger partial charge in [-0.25, -0.2) is 0 Å². The van der Waals surface area contributed by atoms with Crippen molar-refractivity contribution >= 4 is 46.5 Å². The maximum Gasteiger partial charge on any atom is 0.232 e. The molecule has 0 saturated heterocycles. The Morgan fingerprint density at radius 3 is 1.22 bits per heavy atom. The summed E-state index contributed by atoms with van der Waals surface area (Å²) >= 11 is 3.55. The number of para-hydroxylation sites is 1. The van der Waals surface area contributed by atoms with Gasteiger partial charge < -0.3 is 10.6 Å². The van der Waals surface area contributed by atoms with Crippen molar-refractivity contribution < 1.29 is 0 Å². The Balaban J connectivity index is 1.45. The lowest BCUT2D eigenvalue weighted by Crippen LogP contribution is -2.03. The zero-order valence-corrected chi connectivity index (χ0v) is 30.5. The van der Waals surface area contributed by atoms with Gasteiger partial charge in [0.1, 0.15) is 0 Å². The number of aromatic nitrogens is 3. The van der Waals surface area contributed by atoms with Gasteiger partial charge in [0.25, 0.3) is 0 Å². The SMILES string of the molecule is CCCCCCCCCCCCSc1nc(Nc2ccc(Nc3ccccc3)cc2)nc(SCCCCCCCCCCCC)n1. The van der Waals surface area contributed by atoms with Gasteiger partial charge in [0.05, 0.1) is 0 Å². The van der Waals surface area contributed by atoms with E-state index in [1.54, 1.807) is 23.5 Å². The van der Waals surface area contributed by atoms with E-state index in [0.717, 1.165) is 38.9 Å². The molecule has 0 atom stereocenters. The quantitative estimate of drug-likeness (QED) is 0.0592. The van der Waals surface area contributed by atoms with E-state index in [9.17, 15) is 0 Å². The van der Waals surface area contributed by atoms with E-state index in [1.165, 1.54) is 128 Å². The van der Waals surface area contributed by atoms with Crippen LogP contribution in [0.1, 0.15) is 142 Å². The Labute approximate surface area is 289 Å². The standard InChI is InChI=1S/C39H61N5S2/c1-3-5-7-9-11-13-15-17-19-24-32-45-38-42-37(41-36-30-28-35(29-31-36)40-34-26-22-21-23-27-34)43-39(44-38)46-33-25-20-18-16-14-12-10-8-6-4-2/h21-23,26-31,40H,3-20,24-25,32-33H2,1-2H3,(H,41,42,43,44). The minimum absolute atomic E-state index is 0.634. The van der Waals surface area contributed by atoms with Gasteiger partial charge in [-0.1, -0.05) is 171 Å². The molecule has 0 aliphatic rings. The summed E-state index contributed by atoms with van der Waals surface area (Å²) < 4.78 is 0. The molecule has 1 aromatic heterocycles. The van der Waals surface area contributed by atoms with Crippen molar-refractivity contribution in [3.8, 4) is 0 Å². The second-order valence-electron chi connectivity index (χ2n) is 12.5. The van der Waals surface area contributed by atoms with Gasteiger partial charge in [0.15, 0.2) is 10.3 Å². The van der Waals surface area contributed by atoms with Crippen molar-refractivity contribution in [3.63, 3.8) is 0 Å². The summed E-state index contributed by atoms with van der Waals surface area (Å²) in [6.07, 6.45) is 27.1. The third kappa shape index (κ3) is 18.2. The lowest BCUT2D eigenvalue weighted by Gasteiger charge is -2.10. The Kier molecular flexibility index (Phi) is 21.4. The first-order valence-corrected chi connectivity index (χ1v) is 20.4. The van der Waals surface area contributed by atoms with Gasteiger partial charge in [0.2, 0.25) is 5.95 Å². The molecular formula is C39H61N5S2.